The van der Waals surface area contributed by atoms with Crippen molar-refractivity contribution < 1.29 is 0 Å². The summed E-state index contributed by atoms with van der Waals surface area (Å²) in [6.07, 6.45) is 2.32. The zero-order chi connectivity index (χ0) is 9.03. The van der Waals surface area contributed by atoms with Crippen LogP contribution in [-0.4, -0.2) is 15.7 Å². The molecule has 0 amide bonds. The Balaban J connectivity index is 2.50. The van der Waals surface area contributed by atoms with Gasteiger partial charge < -0.3 is 5.32 Å². The minimum atomic E-state index is 0.133. The molecule has 3 nitrogen and oxygen atoms in total. The van der Waals surface area contributed by atoms with Crippen molar-refractivity contribution in [2.24, 2.45) is 0 Å². The van der Waals surface area contributed by atoms with Crippen LogP contribution in [0.4, 0.5) is 5.13 Å². The number of aromatic nitrogens is 2. The number of hydrogen-bond donors (Lipinski definition) is 1. The van der Waals surface area contributed by atoms with Gasteiger partial charge in [0, 0.05) is 5.54 Å². The molecule has 1 aromatic rings. The average Bonchev–Trinajstić information content (AvgIpc) is 2.38. The first-order valence-corrected chi connectivity index (χ1v) is 5.06. The summed E-state index contributed by atoms with van der Waals surface area (Å²) < 4.78 is 0. The van der Waals surface area contributed by atoms with Crippen LogP contribution in [0, 0.1) is 0 Å². The minimum Gasteiger partial charge on any atom is -0.355 e. The summed E-state index contributed by atoms with van der Waals surface area (Å²) >= 11 is 1.54. The number of hydrogen-bond acceptors (Lipinski definition) is 4. The highest BCUT2D eigenvalue weighted by molar-refractivity contribution is 7.13. The summed E-state index contributed by atoms with van der Waals surface area (Å²) in [6, 6.07) is 0. The normalized spacial score (nSPS) is 11.6. The molecule has 1 N–H and O–H groups in total. The lowest BCUT2D eigenvalue weighted by atomic mass is 10.00. The van der Waals surface area contributed by atoms with Gasteiger partial charge in [0.15, 0.2) is 0 Å². The van der Waals surface area contributed by atoms with Gasteiger partial charge in [0.25, 0.3) is 0 Å². The third-order valence-corrected chi connectivity index (χ3v) is 2.29. The fourth-order valence-corrected chi connectivity index (χ4v) is 1.83. The van der Waals surface area contributed by atoms with Gasteiger partial charge in [-0.25, -0.2) is 0 Å². The van der Waals surface area contributed by atoms with E-state index < -0.39 is 0 Å². The number of nitrogens with one attached hydrogen (secondary N) is 1. The van der Waals surface area contributed by atoms with Gasteiger partial charge in [-0.2, -0.15) is 0 Å². The molecule has 0 aliphatic carbocycles. The molecule has 0 unspecified atom stereocenters. The van der Waals surface area contributed by atoms with E-state index in [1.54, 1.807) is 16.8 Å². The average molecular weight is 185 g/mol. The van der Waals surface area contributed by atoms with Crippen LogP contribution in [0.2, 0.25) is 0 Å². The van der Waals surface area contributed by atoms with Gasteiger partial charge in [-0.1, -0.05) is 24.7 Å². The lowest BCUT2D eigenvalue weighted by Gasteiger charge is -2.24. The van der Waals surface area contributed by atoms with Crippen molar-refractivity contribution in [3.05, 3.63) is 5.51 Å². The maximum atomic E-state index is 3.94. The van der Waals surface area contributed by atoms with Crippen LogP contribution in [0.25, 0.3) is 0 Å². The molecule has 0 aliphatic heterocycles. The maximum Gasteiger partial charge on any atom is 0.205 e. The van der Waals surface area contributed by atoms with E-state index in [0.29, 0.717) is 0 Å². The van der Waals surface area contributed by atoms with Gasteiger partial charge in [0.1, 0.15) is 5.51 Å². The quantitative estimate of drug-likeness (QED) is 0.783. The van der Waals surface area contributed by atoms with Gasteiger partial charge in [-0.15, -0.1) is 10.2 Å². The van der Waals surface area contributed by atoms with E-state index in [1.807, 2.05) is 0 Å². The Morgan fingerprint density at radius 3 is 2.83 bits per heavy atom. The Hall–Kier alpha value is -0.640. The van der Waals surface area contributed by atoms with E-state index in [-0.39, 0.29) is 5.54 Å². The van der Waals surface area contributed by atoms with E-state index in [1.165, 1.54) is 6.42 Å². The predicted octanol–water partition coefficient (Wildman–Crippen LogP) is 2.53. The third kappa shape index (κ3) is 2.77. The third-order valence-electron chi connectivity index (χ3n) is 1.68. The molecule has 0 atom stereocenters. The molecule has 0 spiro atoms. The highest BCUT2D eigenvalue weighted by atomic mass is 32.1. The van der Waals surface area contributed by atoms with E-state index in [2.05, 4.69) is 36.3 Å². The Morgan fingerprint density at radius 1 is 1.58 bits per heavy atom. The molecular formula is C8H15N3S. The standard InChI is InChI=1S/C8H15N3S/c1-4-5-8(2,3)10-7-11-9-6-12-7/h6H,4-5H2,1-3H3,(H,10,11). The lowest BCUT2D eigenvalue weighted by Crippen LogP contribution is -2.30. The minimum absolute atomic E-state index is 0.133. The van der Waals surface area contributed by atoms with Gasteiger partial charge in [0.05, 0.1) is 0 Å². The Kier molecular flexibility index (Phi) is 3.03. The van der Waals surface area contributed by atoms with Crippen molar-refractivity contribution >= 4 is 16.5 Å². The van der Waals surface area contributed by atoms with Crippen LogP contribution in [0.5, 0.6) is 0 Å². The molecule has 0 bridgehead atoms. The molecule has 1 rings (SSSR count). The van der Waals surface area contributed by atoms with Crippen LogP contribution < -0.4 is 5.32 Å². The van der Waals surface area contributed by atoms with E-state index in [0.717, 1.165) is 11.6 Å². The van der Waals surface area contributed by atoms with Crippen molar-refractivity contribution in [1.29, 1.82) is 0 Å². The first-order valence-electron chi connectivity index (χ1n) is 4.18. The monoisotopic (exact) mass is 185 g/mol. The molecule has 0 radical (unpaired) electrons. The highest BCUT2D eigenvalue weighted by Gasteiger charge is 2.16. The first kappa shape index (κ1) is 9.45. The van der Waals surface area contributed by atoms with E-state index >= 15 is 0 Å². The molecule has 0 fully saturated rings. The van der Waals surface area contributed by atoms with Crippen molar-refractivity contribution in [3.8, 4) is 0 Å². The summed E-state index contributed by atoms with van der Waals surface area (Å²) in [4.78, 5) is 0. The molecule has 0 saturated heterocycles. The van der Waals surface area contributed by atoms with Crippen LogP contribution in [0.15, 0.2) is 5.51 Å². The first-order chi connectivity index (χ1) is 5.64. The summed E-state index contributed by atoms with van der Waals surface area (Å²) in [6.45, 7) is 6.54. The second-order valence-corrected chi connectivity index (χ2v) is 4.34. The highest BCUT2D eigenvalue weighted by Crippen LogP contribution is 2.19. The predicted molar refractivity (Wildman–Crippen MR) is 52.5 cm³/mol. The zero-order valence-electron chi connectivity index (χ0n) is 7.79. The Labute approximate surface area is 77.2 Å². The largest absolute Gasteiger partial charge is 0.355 e. The summed E-state index contributed by atoms with van der Waals surface area (Å²) in [7, 11) is 0. The molecule has 1 heterocycles. The summed E-state index contributed by atoms with van der Waals surface area (Å²) in [5.74, 6) is 0. The molecule has 1 aromatic heterocycles. The van der Waals surface area contributed by atoms with Crippen molar-refractivity contribution in [1.82, 2.24) is 10.2 Å². The van der Waals surface area contributed by atoms with Gasteiger partial charge >= 0.3 is 0 Å². The Morgan fingerprint density at radius 2 is 2.33 bits per heavy atom. The number of nitrogens with zero attached hydrogens (tertiary/aromatic N) is 2. The molecule has 12 heavy (non-hydrogen) atoms. The van der Waals surface area contributed by atoms with Crippen molar-refractivity contribution in [3.63, 3.8) is 0 Å². The van der Waals surface area contributed by atoms with Gasteiger partial charge in [-0.05, 0) is 20.3 Å². The topological polar surface area (TPSA) is 37.8 Å². The van der Waals surface area contributed by atoms with Crippen molar-refractivity contribution in [2.75, 3.05) is 5.32 Å². The number of anilines is 1. The second-order valence-electron chi connectivity index (χ2n) is 3.50. The SMILES string of the molecule is CCCC(C)(C)Nc1nncs1. The molecule has 0 saturated carbocycles. The molecular weight excluding hydrogens is 170 g/mol. The maximum absolute atomic E-state index is 3.94. The zero-order valence-corrected chi connectivity index (χ0v) is 8.61. The lowest BCUT2D eigenvalue weighted by molar-refractivity contribution is 0.510. The summed E-state index contributed by atoms with van der Waals surface area (Å²) in [5.41, 5.74) is 1.87. The van der Waals surface area contributed by atoms with E-state index in [9.17, 15) is 0 Å². The van der Waals surface area contributed by atoms with Crippen LogP contribution in [0.1, 0.15) is 33.6 Å². The van der Waals surface area contributed by atoms with Crippen LogP contribution >= 0.6 is 11.3 Å². The Bertz CT molecular complexity index is 218. The summed E-state index contributed by atoms with van der Waals surface area (Å²) in [5, 5.41) is 12.0. The molecule has 68 valence electrons. The van der Waals surface area contributed by atoms with Crippen LogP contribution in [0.3, 0.4) is 0 Å². The van der Waals surface area contributed by atoms with Crippen molar-refractivity contribution in [2.45, 2.75) is 39.2 Å². The van der Waals surface area contributed by atoms with E-state index in [4.69, 9.17) is 0 Å². The fraction of sp³-hybridized carbons (Fsp3) is 0.750. The smallest absolute Gasteiger partial charge is 0.205 e. The number of rotatable bonds is 4. The van der Waals surface area contributed by atoms with Crippen LogP contribution in [-0.2, 0) is 0 Å². The fourth-order valence-electron chi connectivity index (χ4n) is 1.20. The van der Waals surface area contributed by atoms with Gasteiger partial charge in [0.2, 0.25) is 5.13 Å². The van der Waals surface area contributed by atoms with Gasteiger partial charge in [-0.3, -0.25) is 0 Å². The molecule has 4 heteroatoms. The molecule has 0 aliphatic rings. The second kappa shape index (κ2) is 3.85. The molecule has 0 aromatic carbocycles.